The lowest BCUT2D eigenvalue weighted by atomic mass is 10.2. The van der Waals surface area contributed by atoms with Gasteiger partial charge < -0.3 is 14.8 Å². The van der Waals surface area contributed by atoms with Crippen LogP contribution < -0.4 is 14.8 Å². The van der Waals surface area contributed by atoms with E-state index < -0.39 is 0 Å². The summed E-state index contributed by atoms with van der Waals surface area (Å²) >= 11 is 0.925. The number of methoxy groups -OCH3 is 2. The highest BCUT2D eigenvalue weighted by Crippen LogP contribution is 2.34. The Kier molecular flexibility index (Phi) is 5.71. The van der Waals surface area contributed by atoms with Crippen molar-refractivity contribution in [3.63, 3.8) is 0 Å². The molecule has 0 radical (unpaired) electrons. The zero-order valence-electron chi connectivity index (χ0n) is 15.3. The van der Waals surface area contributed by atoms with E-state index in [1.54, 1.807) is 38.5 Å². The number of anilines is 1. The number of benzene rings is 2. The van der Waals surface area contributed by atoms with Gasteiger partial charge in [-0.3, -0.25) is 14.5 Å². The molecule has 2 amide bonds. The standard InChI is InChI=1S/C20H20N2O4S/c1-13-5-4-6-15(9-13)21-12-22-19(23)18(27-20(22)24)11-14-7-8-16(25-2)17(10-14)26-3/h4-11,21H,12H2,1-3H3/b18-11+. The minimum Gasteiger partial charge on any atom is -0.493 e. The third-order valence-electron chi connectivity index (χ3n) is 4.04. The molecule has 2 aromatic carbocycles. The molecule has 6 nitrogen and oxygen atoms in total. The third-order valence-corrected chi connectivity index (χ3v) is 4.95. The Morgan fingerprint density at radius 3 is 2.56 bits per heavy atom. The van der Waals surface area contributed by atoms with Crippen molar-refractivity contribution < 1.29 is 19.1 Å². The van der Waals surface area contributed by atoms with Gasteiger partial charge in [-0.15, -0.1) is 0 Å². The maximum atomic E-state index is 12.6. The number of thioether (sulfide) groups is 1. The fraction of sp³-hybridized carbons (Fsp3) is 0.200. The van der Waals surface area contributed by atoms with Crippen LogP contribution in [0.1, 0.15) is 11.1 Å². The molecule has 0 aliphatic carbocycles. The van der Waals surface area contributed by atoms with Crippen molar-refractivity contribution in [2.24, 2.45) is 0 Å². The van der Waals surface area contributed by atoms with Crippen LogP contribution in [0.4, 0.5) is 10.5 Å². The molecule has 7 heteroatoms. The van der Waals surface area contributed by atoms with Gasteiger partial charge in [-0.2, -0.15) is 0 Å². The van der Waals surface area contributed by atoms with Crippen LogP contribution in [0.3, 0.4) is 0 Å². The summed E-state index contributed by atoms with van der Waals surface area (Å²) in [6, 6.07) is 13.1. The summed E-state index contributed by atoms with van der Waals surface area (Å²) in [7, 11) is 3.11. The number of imide groups is 1. The Morgan fingerprint density at radius 1 is 1.07 bits per heavy atom. The Balaban J connectivity index is 1.74. The van der Waals surface area contributed by atoms with Crippen molar-refractivity contribution in [2.45, 2.75) is 6.92 Å². The summed E-state index contributed by atoms with van der Waals surface area (Å²) in [6.07, 6.45) is 1.68. The molecular formula is C20H20N2O4S. The number of amides is 2. The van der Waals surface area contributed by atoms with Crippen molar-refractivity contribution in [1.82, 2.24) is 4.90 Å². The van der Waals surface area contributed by atoms with Gasteiger partial charge in [0.1, 0.15) is 0 Å². The maximum absolute atomic E-state index is 12.6. The van der Waals surface area contributed by atoms with E-state index in [-0.39, 0.29) is 17.8 Å². The van der Waals surface area contributed by atoms with Crippen LogP contribution in [-0.2, 0) is 4.79 Å². The molecular weight excluding hydrogens is 364 g/mol. The van der Waals surface area contributed by atoms with Gasteiger partial charge in [-0.25, -0.2) is 0 Å². The number of nitrogens with one attached hydrogen (secondary N) is 1. The SMILES string of the molecule is COc1ccc(/C=C2/SC(=O)N(CNc3cccc(C)c3)C2=O)cc1OC. The van der Waals surface area contributed by atoms with Gasteiger partial charge in [0.2, 0.25) is 0 Å². The van der Waals surface area contributed by atoms with E-state index in [0.717, 1.165) is 28.6 Å². The summed E-state index contributed by atoms with van der Waals surface area (Å²) in [5, 5.41) is 2.81. The van der Waals surface area contributed by atoms with Crippen LogP contribution in [0.2, 0.25) is 0 Å². The van der Waals surface area contributed by atoms with E-state index in [9.17, 15) is 9.59 Å². The molecule has 1 saturated heterocycles. The first-order chi connectivity index (χ1) is 13.0. The molecule has 3 rings (SSSR count). The van der Waals surface area contributed by atoms with E-state index in [4.69, 9.17) is 9.47 Å². The molecule has 1 aliphatic rings. The molecule has 1 heterocycles. The van der Waals surface area contributed by atoms with Crippen molar-refractivity contribution in [2.75, 3.05) is 26.2 Å². The molecule has 27 heavy (non-hydrogen) atoms. The van der Waals surface area contributed by atoms with Crippen LogP contribution in [0.25, 0.3) is 6.08 Å². The summed E-state index contributed by atoms with van der Waals surface area (Å²) < 4.78 is 10.5. The Hall–Kier alpha value is -2.93. The van der Waals surface area contributed by atoms with Crippen LogP contribution in [0.5, 0.6) is 11.5 Å². The Bertz CT molecular complexity index is 911. The van der Waals surface area contributed by atoms with Crippen LogP contribution in [-0.4, -0.2) is 36.9 Å². The second-order valence-electron chi connectivity index (χ2n) is 5.93. The van der Waals surface area contributed by atoms with E-state index in [1.165, 1.54) is 4.90 Å². The second kappa shape index (κ2) is 8.18. The maximum Gasteiger partial charge on any atom is 0.295 e. The van der Waals surface area contributed by atoms with Crippen LogP contribution in [0, 0.1) is 6.92 Å². The number of hydrogen-bond donors (Lipinski definition) is 1. The molecule has 0 atom stereocenters. The molecule has 2 aromatic rings. The highest BCUT2D eigenvalue weighted by atomic mass is 32.2. The van der Waals surface area contributed by atoms with Gasteiger partial charge in [-0.1, -0.05) is 18.2 Å². The minimum absolute atomic E-state index is 0.122. The molecule has 0 aromatic heterocycles. The molecule has 1 N–H and O–H groups in total. The van der Waals surface area contributed by atoms with Crippen LogP contribution >= 0.6 is 11.8 Å². The lowest BCUT2D eigenvalue weighted by Gasteiger charge is -2.14. The summed E-state index contributed by atoms with van der Waals surface area (Å²) in [5.74, 6) is 0.844. The Labute approximate surface area is 162 Å². The number of carbonyl (C=O) groups excluding carboxylic acids is 2. The highest BCUT2D eigenvalue weighted by molar-refractivity contribution is 8.18. The third kappa shape index (κ3) is 4.25. The zero-order chi connectivity index (χ0) is 19.4. The lowest BCUT2D eigenvalue weighted by Crippen LogP contribution is -2.33. The average molecular weight is 384 g/mol. The Morgan fingerprint density at radius 2 is 1.85 bits per heavy atom. The number of nitrogens with zero attached hydrogens (tertiary/aromatic N) is 1. The molecule has 1 fully saturated rings. The van der Waals surface area contributed by atoms with Gasteiger partial charge in [0, 0.05) is 5.69 Å². The molecule has 0 saturated carbocycles. The smallest absolute Gasteiger partial charge is 0.295 e. The number of rotatable bonds is 6. The number of hydrogen-bond acceptors (Lipinski definition) is 6. The van der Waals surface area contributed by atoms with E-state index in [0.29, 0.717) is 16.4 Å². The first kappa shape index (κ1) is 18.8. The van der Waals surface area contributed by atoms with Gasteiger partial charge in [0.25, 0.3) is 11.1 Å². The normalized spacial score (nSPS) is 15.4. The average Bonchev–Trinajstić information content (AvgIpc) is 2.93. The van der Waals surface area contributed by atoms with E-state index in [1.807, 2.05) is 31.2 Å². The first-order valence-electron chi connectivity index (χ1n) is 8.29. The molecule has 140 valence electrons. The molecule has 0 unspecified atom stereocenters. The summed E-state index contributed by atoms with van der Waals surface area (Å²) in [4.78, 5) is 26.4. The highest BCUT2D eigenvalue weighted by Gasteiger charge is 2.34. The first-order valence-corrected chi connectivity index (χ1v) is 9.11. The fourth-order valence-corrected chi connectivity index (χ4v) is 3.49. The quantitative estimate of drug-likeness (QED) is 0.756. The predicted octanol–water partition coefficient (Wildman–Crippen LogP) is 4.12. The summed E-state index contributed by atoms with van der Waals surface area (Å²) in [5.41, 5.74) is 2.71. The predicted molar refractivity (Wildman–Crippen MR) is 107 cm³/mol. The van der Waals surface area contributed by atoms with Crippen molar-refractivity contribution in [3.8, 4) is 11.5 Å². The van der Waals surface area contributed by atoms with Crippen molar-refractivity contribution >= 4 is 34.7 Å². The largest absolute Gasteiger partial charge is 0.493 e. The lowest BCUT2D eigenvalue weighted by molar-refractivity contribution is -0.122. The number of ether oxygens (including phenoxy) is 2. The van der Waals surface area contributed by atoms with Gasteiger partial charge in [-0.05, 0) is 60.2 Å². The van der Waals surface area contributed by atoms with Crippen molar-refractivity contribution in [1.29, 1.82) is 0 Å². The van der Waals surface area contributed by atoms with E-state index >= 15 is 0 Å². The second-order valence-corrected chi connectivity index (χ2v) is 6.92. The summed E-state index contributed by atoms with van der Waals surface area (Å²) in [6.45, 7) is 2.11. The van der Waals surface area contributed by atoms with Gasteiger partial charge >= 0.3 is 0 Å². The molecule has 0 bridgehead atoms. The zero-order valence-corrected chi connectivity index (χ0v) is 16.1. The molecule has 0 spiro atoms. The monoisotopic (exact) mass is 384 g/mol. The fourth-order valence-electron chi connectivity index (χ4n) is 2.66. The van der Waals surface area contributed by atoms with E-state index in [2.05, 4.69) is 5.32 Å². The number of carbonyl (C=O) groups is 2. The van der Waals surface area contributed by atoms with Gasteiger partial charge in [0.05, 0.1) is 25.8 Å². The topological polar surface area (TPSA) is 67.9 Å². The van der Waals surface area contributed by atoms with Crippen molar-refractivity contribution in [3.05, 3.63) is 58.5 Å². The molecule has 1 aliphatic heterocycles. The van der Waals surface area contributed by atoms with Gasteiger partial charge in [0.15, 0.2) is 11.5 Å². The number of aryl methyl sites for hydroxylation is 1. The van der Waals surface area contributed by atoms with Crippen LogP contribution in [0.15, 0.2) is 47.4 Å². The minimum atomic E-state index is -0.320.